The molecule has 0 saturated heterocycles. The van der Waals surface area contributed by atoms with Gasteiger partial charge >= 0.3 is 0 Å². The van der Waals surface area contributed by atoms with E-state index < -0.39 is 0 Å². The van der Waals surface area contributed by atoms with Gasteiger partial charge in [0.2, 0.25) is 0 Å². The van der Waals surface area contributed by atoms with E-state index in [1.54, 1.807) is 18.2 Å². The standard InChI is InChI=1S/C13H12ClN3O2/c1-8-2-5-12(10(14)6-8)19-9-3-4-11(16-7-9)13(15)17-18/h2-7,18H,1H3,(H2,15,17). The van der Waals surface area contributed by atoms with Crippen molar-refractivity contribution in [2.45, 2.75) is 6.92 Å². The molecule has 0 radical (unpaired) electrons. The monoisotopic (exact) mass is 277 g/mol. The Kier molecular flexibility index (Phi) is 3.87. The zero-order valence-electron chi connectivity index (χ0n) is 10.2. The van der Waals surface area contributed by atoms with E-state index in [4.69, 9.17) is 27.3 Å². The minimum absolute atomic E-state index is 0.0556. The molecule has 19 heavy (non-hydrogen) atoms. The van der Waals surface area contributed by atoms with Crippen LogP contribution in [0, 0.1) is 6.92 Å². The van der Waals surface area contributed by atoms with Gasteiger partial charge in [-0.2, -0.15) is 0 Å². The summed E-state index contributed by atoms with van der Waals surface area (Å²) in [5.41, 5.74) is 6.83. The molecule has 0 saturated carbocycles. The number of hydrogen-bond acceptors (Lipinski definition) is 4. The number of rotatable bonds is 3. The molecule has 0 bridgehead atoms. The molecule has 0 aliphatic rings. The van der Waals surface area contributed by atoms with Crippen LogP contribution in [-0.2, 0) is 0 Å². The van der Waals surface area contributed by atoms with Gasteiger partial charge in [-0.25, -0.2) is 4.98 Å². The number of pyridine rings is 1. The number of nitrogens with zero attached hydrogens (tertiary/aromatic N) is 2. The fourth-order valence-corrected chi connectivity index (χ4v) is 1.73. The maximum atomic E-state index is 8.53. The van der Waals surface area contributed by atoms with E-state index >= 15 is 0 Å². The molecule has 5 nitrogen and oxygen atoms in total. The van der Waals surface area contributed by atoms with Crippen LogP contribution in [0.5, 0.6) is 11.5 Å². The Hall–Kier alpha value is -2.27. The second kappa shape index (κ2) is 5.58. The van der Waals surface area contributed by atoms with E-state index in [0.29, 0.717) is 22.2 Å². The van der Waals surface area contributed by atoms with Crippen molar-refractivity contribution >= 4 is 17.4 Å². The summed E-state index contributed by atoms with van der Waals surface area (Å²) >= 11 is 6.07. The largest absolute Gasteiger partial charge is 0.454 e. The summed E-state index contributed by atoms with van der Waals surface area (Å²) in [6.07, 6.45) is 1.48. The van der Waals surface area contributed by atoms with Gasteiger partial charge in [0.1, 0.15) is 17.2 Å². The second-order valence-corrected chi connectivity index (χ2v) is 4.31. The van der Waals surface area contributed by atoms with Gasteiger partial charge in [-0.15, -0.1) is 0 Å². The highest BCUT2D eigenvalue weighted by atomic mass is 35.5. The van der Waals surface area contributed by atoms with Crippen LogP contribution in [0.3, 0.4) is 0 Å². The van der Waals surface area contributed by atoms with E-state index in [1.807, 2.05) is 19.1 Å². The van der Waals surface area contributed by atoms with Crippen LogP contribution in [-0.4, -0.2) is 16.0 Å². The molecule has 1 aromatic heterocycles. The predicted octanol–water partition coefficient (Wildman–Crippen LogP) is 2.93. The Balaban J connectivity index is 2.20. The van der Waals surface area contributed by atoms with Gasteiger partial charge in [0, 0.05) is 0 Å². The average Bonchev–Trinajstić information content (AvgIpc) is 2.42. The normalized spacial score (nSPS) is 11.4. The third-order valence-corrected chi connectivity index (χ3v) is 2.72. The molecule has 0 unspecified atom stereocenters. The molecule has 98 valence electrons. The molecule has 0 amide bonds. The lowest BCUT2D eigenvalue weighted by molar-refractivity contribution is 0.318. The number of nitrogens with two attached hydrogens (primary N) is 1. The highest BCUT2D eigenvalue weighted by Crippen LogP contribution is 2.29. The number of amidine groups is 1. The molecule has 0 spiro atoms. The van der Waals surface area contributed by atoms with Crippen LogP contribution in [0.15, 0.2) is 41.7 Å². The number of hydrogen-bond donors (Lipinski definition) is 2. The first-order valence-corrected chi connectivity index (χ1v) is 5.86. The summed E-state index contributed by atoms with van der Waals surface area (Å²) in [7, 11) is 0. The first-order chi connectivity index (χ1) is 9.10. The maximum absolute atomic E-state index is 8.53. The molecule has 1 heterocycles. The van der Waals surface area contributed by atoms with Crippen LogP contribution in [0.25, 0.3) is 0 Å². The van der Waals surface area contributed by atoms with Gasteiger partial charge < -0.3 is 15.7 Å². The van der Waals surface area contributed by atoms with Crippen LogP contribution in [0.1, 0.15) is 11.3 Å². The highest BCUT2D eigenvalue weighted by molar-refractivity contribution is 6.32. The van der Waals surface area contributed by atoms with Crippen molar-refractivity contribution in [1.82, 2.24) is 4.98 Å². The Morgan fingerprint density at radius 2 is 2.16 bits per heavy atom. The highest BCUT2D eigenvalue weighted by Gasteiger charge is 2.05. The van der Waals surface area contributed by atoms with Gasteiger partial charge in [-0.3, -0.25) is 0 Å². The number of halogens is 1. The number of aromatic nitrogens is 1. The lowest BCUT2D eigenvalue weighted by Gasteiger charge is -2.08. The second-order valence-electron chi connectivity index (χ2n) is 3.90. The fourth-order valence-electron chi connectivity index (χ4n) is 1.46. The number of oxime groups is 1. The van der Waals surface area contributed by atoms with Crippen LogP contribution >= 0.6 is 11.6 Å². The van der Waals surface area contributed by atoms with E-state index in [0.717, 1.165) is 5.56 Å². The summed E-state index contributed by atoms with van der Waals surface area (Å²) in [5, 5.41) is 11.9. The van der Waals surface area contributed by atoms with E-state index in [2.05, 4.69) is 10.1 Å². The van der Waals surface area contributed by atoms with Gasteiger partial charge in [0.05, 0.1) is 11.2 Å². The molecule has 0 atom stereocenters. The zero-order valence-corrected chi connectivity index (χ0v) is 10.9. The third-order valence-electron chi connectivity index (χ3n) is 2.42. The van der Waals surface area contributed by atoms with E-state index in [1.165, 1.54) is 6.20 Å². The molecular weight excluding hydrogens is 266 g/mol. The Morgan fingerprint density at radius 1 is 1.37 bits per heavy atom. The van der Waals surface area contributed by atoms with Crippen molar-refractivity contribution in [1.29, 1.82) is 0 Å². The summed E-state index contributed by atoms with van der Waals surface area (Å²) in [6, 6.07) is 8.76. The topological polar surface area (TPSA) is 80.7 Å². The Morgan fingerprint density at radius 3 is 2.74 bits per heavy atom. The van der Waals surface area contributed by atoms with Crippen molar-refractivity contribution in [2.75, 3.05) is 0 Å². The molecule has 3 N–H and O–H groups in total. The summed E-state index contributed by atoms with van der Waals surface area (Å²) in [4.78, 5) is 4.01. The van der Waals surface area contributed by atoms with Gasteiger partial charge in [-0.1, -0.05) is 22.8 Å². The third kappa shape index (κ3) is 3.14. The molecule has 2 rings (SSSR count). The molecule has 0 aliphatic carbocycles. The minimum Gasteiger partial charge on any atom is -0.454 e. The van der Waals surface area contributed by atoms with Gasteiger partial charge in [0.25, 0.3) is 0 Å². The molecule has 0 aliphatic heterocycles. The number of aryl methyl sites for hydroxylation is 1. The number of benzene rings is 1. The summed E-state index contributed by atoms with van der Waals surface area (Å²) in [5.74, 6) is 1.01. The van der Waals surface area contributed by atoms with Crippen molar-refractivity contribution < 1.29 is 9.94 Å². The summed E-state index contributed by atoms with van der Waals surface area (Å²) in [6.45, 7) is 1.95. The summed E-state index contributed by atoms with van der Waals surface area (Å²) < 4.78 is 5.59. The number of ether oxygens (including phenoxy) is 1. The maximum Gasteiger partial charge on any atom is 0.188 e. The lowest BCUT2D eigenvalue weighted by Crippen LogP contribution is -2.14. The van der Waals surface area contributed by atoms with Crippen molar-refractivity contribution in [2.24, 2.45) is 10.9 Å². The van der Waals surface area contributed by atoms with Crippen molar-refractivity contribution in [3.63, 3.8) is 0 Å². The van der Waals surface area contributed by atoms with Gasteiger partial charge in [0.15, 0.2) is 5.84 Å². The Bertz CT molecular complexity index is 612. The van der Waals surface area contributed by atoms with Crippen LogP contribution < -0.4 is 10.5 Å². The van der Waals surface area contributed by atoms with Crippen LogP contribution in [0.2, 0.25) is 5.02 Å². The van der Waals surface area contributed by atoms with Crippen molar-refractivity contribution in [3.05, 3.63) is 52.8 Å². The van der Waals surface area contributed by atoms with Crippen LogP contribution in [0.4, 0.5) is 0 Å². The molecule has 6 heteroatoms. The predicted molar refractivity (Wildman–Crippen MR) is 73.0 cm³/mol. The smallest absolute Gasteiger partial charge is 0.188 e. The SMILES string of the molecule is Cc1ccc(Oc2ccc(/C(N)=N/O)nc2)c(Cl)c1. The lowest BCUT2D eigenvalue weighted by atomic mass is 10.2. The first kappa shape index (κ1) is 13.2. The molecule has 0 fully saturated rings. The molecule has 1 aromatic carbocycles. The quantitative estimate of drug-likeness (QED) is 0.391. The van der Waals surface area contributed by atoms with Crippen molar-refractivity contribution in [3.8, 4) is 11.5 Å². The van der Waals surface area contributed by atoms with E-state index in [-0.39, 0.29) is 5.84 Å². The zero-order chi connectivity index (χ0) is 13.8. The van der Waals surface area contributed by atoms with Gasteiger partial charge in [-0.05, 0) is 36.8 Å². The average molecular weight is 278 g/mol. The first-order valence-electron chi connectivity index (χ1n) is 5.48. The molecular formula is C13H12ClN3O2. The Labute approximate surface area is 115 Å². The minimum atomic E-state index is -0.0556. The molecule has 2 aromatic rings. The van der Waals surface area contributed by atoms with E-state index in [9.17, 15) is 0 Å². The fraction of sp³-hybridized carbons (Fsp3) is 0.0769.